The number of likely N-dealkylation sites (tertiary alicyclic amines) is 1. The molecule has 2 atom stereocenters. The first-order chi connectivity index (χ1) is 11.3. The molecule has 1 aromatic carbocycles. The summed E-state index contributed by atoms with van der Waals surface area (Å²) in [6.45, 7) is 4.59. The second kappa shape index (κ2) is 6.07. The highest BCUT2D eigenvalue weighted by Gasteiger charge is 2.47. The molecule has 4 rings (SSSR count). The van der Waals surface area contributed by atoms with Gasteiger partial charge in [-0.2, -0.15) is 5.10 Å². The Morgan fingerprint density at radius 1 is 1.35 bits per heavy atom. The highest BCUT2D eigenvalue weighted by molar-refractivity contribution is 5.62. The number of H-pyrrole nitrogens is 1. The molecule has 122 valence electrons. The highest BCUT2D eigenvalue weighted by Crippen LogP contribution is 2.42. The molecule has 0 aliphatic carbocycles. The van der Waals surface area contributed by atoms with Crippen LogP contribution in [-0.4, -0.2) is 53.1 Å². The van der Waals surface area contributed by atoms with E-state index >= 15 is 0 Å². The quantitative estimate of drug-likeness (QED) is 0.905. The molecule has 2 aliphatic rings. The average molecular weight is 313 g/mol. The number of fused-ring (bicyclic) bond motifs is 1. The molecule has 1 aromatic heterocycles. The van der Waals surface area contributed by atoms with E-state index in [9.17, 15) is 5.11 Å². The van der Waals surface area contributed by atoms with Gasteiger partial charge in [-0.15, -0.1) is 0 Å². The first-order valence-corrected chi connectivity index (χ1v) is 8.29. The Hall–Kier alpha value is -1.69. The third-order valence-electron chi connectivity index (χ3n) is 5.44. The molecule has 0 unspecified atom stereocenters. The van der Waals surface area contributed by atoms with E-state index in [4.69, 9.17) is 4.74 Å². The normalized spacial score (nSPS) is 28.0. The SMILES string of the molecule is OC[C@]12CCOC[C@H]1CN(Cc1cn[nH]c1-c1ccccc1)C2. The maximum Gasteiger partial charge on any atom is 0.0695 e. The fourth-order valence-corrected chi connectivity index (χ4v) is 4.06. The number of nitrogens with one attached hydrogen (secondary N) is 1. The predicted octanol–water partition coefficient (Wildman–Crippen LogP) is 1.91. The van der Waals surface area contributed by atoms with Crippen molar-refractivity contribution in [3.05, 3.63) is 42.1 Å². The van der Waals surface area contributed by atoms with Gasteiger partial charge in [0.25, 0.3) is 0 Å². The number of nitrogens with zero attached hydrogens (tertiary/aromatic N) is 2. The molecular formula is C18H23N3O2. The van der Waals surface area contributed by atoms with Gasteiger partial charge in [0.15, 0.2) is 0 Å². The number of hydrogen-bond acceptors (Lipinski definition) is 4. The summed E-state index contributed by atoms with van der Waals surface area (Å²) in [5.41, 5.74) is 3.49. The van der Waals surface area contributed by atoms with Crippen LogP contribution in [0.5, 0.6) is 0 Å². The number of ether oxygens (including phenoxy) is 1. The van der Waals surface area contributed by atoms with E-state index in [1.165, 1.54) is 5.56 Å². The molecule has 2 fully saturated rings. The largest absolute Gasteiger partial charge is 0.396 e. The number of aliphatic hydroxyl groups is 1. The van der Waals surface area contributed by atoms with Crippen LogP contribution >= 0.6 is 0 Å². The third kappa shape index (κ3) is 2.69. The third-order valence-corrected chi connectivity index (χ3v) is 5.44. The lowest BCUT2D eigenvalue weighted by Gasteiger charge is -2.36. The summed E-state index contributed by atoms with van der Waals surface area (Å²) in [5, 5.41) is 17.3. The number of aromatic amines is 1. The number of aliphatic hydroxyl groups excluding tert-OH is 1. The summed E-state index contributed by atoms with van der Waals surface area (Å²) in [6, 6.07) is 10.3. The maximum atomic E-state index is 9.93. The highest BCUT2D eigenvalue weighted by atomic mass is 16.5. The molecule has 0 saturated carbocycles. The molecule has 0 amide bonds. The van der Waals surface area contributed by atoms with Crippen molar-refractivity contribution < 1.29 is 9.84 Å². The lowest BCUT2D eigenvalue weighted by Crippen LogP contribution is -2.41. The van der Waals surface area contributed by atoms with Crippen LogP contribution < -0.4 is 0 Å². The average Bonchev–Trinajstić information content (AvgIpc) is 3.20. The Bertz CT molecular complexity index is 657. The van der Waals surface area contributed by atoms with E-state index in [1.807, 2.05) is 24.4 Å². The Labute approximate surface area is 136 Å². The van der Waals surface area contributed by atoms with Gasteiger partial charge in [0.1, 0.15) is 0 Å². The van der Waals surface area contributed by atoms with Crippen molar-refractivity contribution in [2.45, 2.75) is 13.0 Å². The van der Waals surface area contributed by atoms with Crippen molar-refractivity contribution in [3.63, 3.8) is 0 Å². The number of hydrogen-bond donors (Lipinski definition) is 2. The fraction of sp³-hybridized carbons (Fsp3) is 0.500. The van der Waals surface area contributed by atoms with Gasteiger partial charge < -0.3 is 9.84 Å². The molecule has 0 spiro atoms. The zero-order valence-corrected chi connectivity index (χ0v) is 13.2. The molecule has 5 heteroatoms. The van der Waals surface area contributed by atoms with Crippen LogP contribution in [0.4, 0.5) is 0 Å². The fourth-order valence-electron chi connectivity index (χ4n) is 4.06. The van der Waals surface area contributed by atoms with Crippen LogP contribution in [0.2, 0.25) is 0 Å². The van der Waals surface area contributed by atoms with E-state index in [2.05, 4.69) is 27.2 Å². The number of rotatable bonds is 4. The minimum atomic E-state index is 0.0227. The van der Waals surface area contributed by atoms with E-state index in [1.54, 1.807) is 0 Å². The summed E-state index contributed by atoms with van der Waals surface area (Å²) >= 11 is 0. The maximum absolute atomic E-state index is 9.93. The van der Waals surface area contributed by atoms with E-state index in [0.717, 1.165) is 50.5 Å². The van der Waals surface area contributed by atoms with Gasteiger partial charge in [-0.3, -0.25) is 10.00 Å². The molecular weight excluding hydrogens is 290 g/mol. The van der Waals surface area contributed by atoms with Crippen LogP contribution in [0.15, 0.2) is 36.5 Å². The minimum Gasteiger partial charge on any atom is -0.396 e. The first kappa shape index (κ1) is 14.9. The molecule has 2 aromatic rings. The van der Waals surface area contributed by atoms with Crippen molar-refractivity contribution >= 4 is 0 Å². The molecule has 0 bridgehead atoms. The van der Waals surface area contributed by atoms with E-state index in [0.29, 0.717) is 5.92 Å². The van der Waals surface area contributed by atoms with Gasteiger partial charge in [-0.05, 0) is 12.0 Å². The van der Waals surface area contributed by atoms with Crippen LogP contribution in [0, 0.1) is 11.3 Å². The lowest BCUT2D eigenvalue weighted by molar-refractivity contribution is -0.0417. The summed E-state index contributed by atoms with van der Waals surface area (Å²) in [4.78, 5) is 2.44. The van der Waals surface area contributed by atoms with Crippen LogP contribution in [-0.2, 0) is 11.3 Å². The van der Waals surface area contributed by atoms with Crippen molar-refractivity contribution in [1.29, 1.82) is 0 Å². The summed E-state index contributed by atoms with van der Waals surface area (Å²) in [6.07, 6.45) is 2.88. The molecule has 23 heavy (non-hydrogen) atoms. The molecule has 2 saturated heterocycles. The van der Waals surface area contributed by atoms with Crippen LogP contribution in [0.3, 0.4) is 0 Å². The zero-order chi connectivity index (χ0) is 15.7. The number of aromatic nitrogens is 2. The Morgan fingerprint density at radius 2 is 2.22 bits per heavy atom. The van der Waals surface area contributed by atoms with Crippen molar-refractivity contribution in [2.24, 2.45) is 11.3 Å². The Balaban J connectivity index is 1.53. The minimum absolute atomic E-state index is 0.0227. The lowest BCUT2D eigenvalue weighted by atomic mass is 9.75. The van der Waals surface area contributed by atoms with E-state index in [-0.39, 0.29) is 12.0 Å². The molecule has 3 heterocycles. The van der Waals surface area contributed by atoms with Crippen molar-refractivity contribution in [2.75, 3.05) is 32.9 Å². The molecule has 0 radical (unpaired) electrons. The van der Waals surface area contributed by atoms with Gasteiger partial charge in [-0.1, -0.05) is 30.3 Å². The van der Waals surface area contributed by atoms with Crippen molar-refractivity contribution in [1.82, 2.24) is 15.1 Å². The second-order valence-corrected chi connectivity index (χ2v) is 6.85. The van der Waals surface area contributed by atoms with E-state index < -0.39 is 0 Å². The van der Waals surface area contributed by atoms with Gasteiger partial charge in [-0.25, -0.2) is 0 Å². The smallest absolute Gasteiger partial charge is 0.0695 e. The van der Waals surface area contributed by atoms with Gasteiger partial charge in [0, 0.05) is 43.1 Å². The standard InChI is InChI=1S/C18H23N3O2/c22-13-18-6-7-23-11-16(18)10-21(12-18)9-15-8-19-20-17(15)14-4-2-1-3-5-14/h1-5,8,16,22H,6-7,9-13H2,(H,19,20)/t16-,18-/m1/s1. The molecule has 5 nitrogen and oxygen atoms in total. The number of benzene rings is 1. The summed E-state index contributed by atoms with van der Waals surface area (Å²) < 4.78 is 5.63. The van der Waals surface area contributed by atoms with Gasteiger partial charge in [0.2, 0.25) is 0 Å². The van der Waals surface area contributed by atoms with Crippen LogP contribution in [0.25, 0.3) is 11.3 Å². The Morgan fingerprint density at radius 3 is 3.00 bits per heavy atom. The van der Waals surface area contributed by atoms with Crippen LogP contribution in [0.1, 0.15) is 12.0 Å². The molecule has 2 N–H and O–H groups in total. The zero-order valence-electron chi connectivity index (χ0n) is 13.2. The monoisotopic (exact) mass is 313 g/mol. The topological polar surface area (TPSA) is 61.4 Å². The summed E-state index contributed by atoms with van der Waals surface area (Å²) in [5.74, 6) is 0.438. The Kier molecular flexibility index (Phi) is 3.93. The second-order valence-electron chi connectivity index (χ2n) is 6.85. The summed E-state index contributed by atoms with van der Waals surface area (Å²) in [7, 11) is 0. The first-order valence-electron chi connectivity index (χ1n) is 8.29. The van der Waals surface area contributed by atoms with Crippen molar-refractivity contribution in [3.8, 4) is 11.3 Å². The predicted molar refractivity (Wildman–Crippen MR) is 87.7 cm³/mol. The molecule has 2 aliphatic heterocycles. The van der Waals surface area contributed by atoms with Gasteiger partial charge >= 0.3 is 0 Å². The van der Waals surface area contributed by atoms with Gasteiger partial charge in [0.05, 0.1) is 25.1 Å².